The molecule has 0 radical (unpaired) electrons. The Morgan fingerprint density at radius 2 is 2.28 bits per heavy atom. The lowest BCUT2D eigenvalue weighted by molar-refractivity contribution is 0.827. The lowest BCUT2D eigenvalue weighted by atomic mass is 10.3. The highest BCUT2D eigenvalue weighted by molar-refractivity contribution is 7.98. The van der Waals surface area contributed by atoms with Gasteiger partial charge in [-0.25, -0.2) is 15.0 Å². The highest BCUT2D eigenvalue weighted by Gasteiger charge is 2.11. The maximum absolute atomic E-state index is 11.8. The smallest absolute Gasteiger partial charge is 0.263 e. The zero-order valence-electron chi connectivity index (χ0n) is 10.4. The number of aromatic nitrogens is 4. The molecular weight excluding hydrogens is 250 g/mol. The summed E-state index contributed by atoms with van der Waals surface area (Å²) in [5.41, 5.74) is 0.212. The van der Waals surface area contributed by atoms with Gasteiger partial charge >= 0.3 is 0 Å². The molecule has 0 saturated heterocycles. The van der Waals surface area contributed by atoms with E-state index in [0.29, 0.717) is 22.0 Å². The van der Waals surface area contributed by atoms with Crippen molar-refractivity contribution in [2.75, 3.05) is 18.1 Å². The van der Waals surface area contributed by atoms with Gasteiger partial charge in [-0.15, -0.1) is 0 Å². The van der Waals surface area contributed by atoms with Crippen LogP contribution >= 0.6 is 11.8 Å². The fraction of sp³-hybridized carbons (Fsp3) is 0.455. The maximum Gasteiger partial charge on any atom is 0.263 e. The van der Waals surface area contributed by atoms with Crippen molar-refractivity contribution >= 4 is 28.6 Å². The minimum atomic E-state index is -0.216. The maximum atomic E-state index is 11.8. The number of thioether (sulfide) groups is 1. The van der Waals surface area contributed by atoms with Gasteiger partial charge in [0.1, 0.15) is 11.2 Å². The van der Waals surface area contributed by atoms with Gasteiger partial charge in [0.05, 0.1) is 6.33 Å². The number of hydrogen-bond donors (Lipinski definition) is 2. The highest BCUT2D eigenvalue weighted by atomic mass is 32.2. The quantitative estimate of drug-likeness (QED) is 0.486. The van der Waals surface area contributed by atoms with E-state index in [1.54, 1.807) is 0 Å². The molecule has 96 valence electrons. The number of fused-ring (bicyclic) bond motifs is 1. The number of unbranched alkanes of at least 4 members (excludes halogenated alkanes) is 1. The van der Waals surface area contributed by atoms with Gasteiger partial charge in [-0.3, -0.25) is 4.79 Å². The summed E-state index contributed by atoms with van der Waals surface area (Å²) in [5, 5.41) is 4.21. The van der Waals surface area contributed by atoms with E-state index in [1.165, 1.54) is 18.1 Å². The average Bonchev–Trinajstić information content (AvgIpc) is 2.38. The summed E-state index contributed by atoms with van der Waals surface area (Å²) in [6.45, 7) is 2.90. The fourth-order valence-corrected chi connectivity index (χ4v) is 1.92. The third-order valence-corrected chi connectivity index (χ3v) is 3.03. The van der Waals surface area contributed by atoms with Gasteiger partial charge in [-0.1, -0.05) is 25.1 Å². The molecule has 2 N–H and O–H groups in total. The third-order valence-electron chi connectivity index (χ3n) is 2.48. The second-order valence-corrected chi connectivity index (χ2v) is 4.54. The van der Waals surface area contributed by atoms with Gasteiger partial charge in [0.25, 0.3) is 5.56 Å². The number of hydrogen-bond acceptors (Lipinski definition) is 6. The van der Waals surface area contributed by atoms with Crippen LogP contribution in [0.25, 0.3) is 11.0 Å². The summed E-state index contributed by atoms with van der Waals surface area (Å²) in [4.78, 5) is 27.0. The Morgan fingerprint density at radius 1 is 1.44 bits per heavy atom. The Morgan fingerprint density at radius 3 is 3.00 bits per heavy atom. The van der Waals surface area contributed by atoms with Gasteiger partial charge in [-0.2, -0.15) is 0 Å². The minimum absolute atomic E-state index is 0.216. The SMILES string of the molecule is CCCCNc1nc(SC)nc2nc[nH]c(=O)c12. The molecule has 0 unspecified atom stereocenters. The van der Waals surface area contributed by atoms with Gasteiger partial charge in [0.15, 0.2) is 10.8 Å². The molecule has 0 spiro atoms. The van der Waals surface area contributed by atoms with Gasteiger partial charge in [-0.05, 0) is 12.7 Å². The van der Waals surface area contributed by atoms with E-state index < -0.39 is 0 Å². The summed E-state index contributed by atoms with van der Waals surface area (Å²) < 4.78 is 0. The summed E-state index contributed by atoms with van der Waals surface area (Å²) in [6.07, 6.45) is 5.36. The molecule has 2 aromatic heterocycles. The summed E-state index contributed by atoms with van der Waals surface area (Å²) >= 11 is 1.43. The van der Waals surface area contributed by atoms with Crippen molar-refractivity contribution in [2.45, 2.75) is 24.9 Å². The Kier molecular flexibility index (Phi) is 4.14. The van der Waals surface area contributed by atoms with Crippen molar-refractivity contribution in [2.24, 2.45) is 0 Å². The van der Waals surface area contributed by atoms with Crippen LogP contribution in [0.1, 0.15) is 19.8 Å². The zero-order chi connectivity index (χ0) is 13.0. The van der Waals surface area contributed by atoms with Crippen LogP contribution in [0, 0.1) is 0 Å². The van der Waals surface area contributed by atoms with Crippen molar-refractivity contribution in [1.82, 2.24) is 19.9 Å². The van der Waals surface area contributed by atoms with Crippen LogP contribution in [0.15, 0.2) is 16.3 Å². The number of nitrogens with zero attached hydrogens (tertiary/aromatic N) is 3. The first-order valence-electron chi connectivity index (χ1n) is 5.79. The van der Waals surface area contributed by atoms with E-state index in [4.69, 9.17) is 0 Å². The first-order chi connectivity index (χ1) is 8.76. The second-order valence-electron chi connectivity index (χ2n) is 3.77. The molecule has 18 heavy (non-hydrogen) atoms. The van der Waals surface area contributed by atoms with Crippen LogP contribution in [0.5, 0.6) is 0 Å². The van der Waals surface area contributed by atoms with Crippen LogP contribution in [-0.4, -0.2) is 32.7 Å². The first kappa shape index (κ1) is 12.8. The lowest BCUT2D eigenvalue weighted by Crippen LogP contribution is -2.13. The van der Waals surface area contributed by atoms with Gasteiger partial charge in [0, 0.05) is 6.54 Å². The fourth-order valence-electron chi connectivity index (χ4n) is 1.56. The number of anilines is 1. The Bertz CT molecular complexity index is 597. The lowest BCUT2D eigenvalue weighted by Gasteiger charge is -2.08. The molecule has 0 aromatic carbocycles. The van der Waals surface area contributed by atoms with Crippen LogP contribution < -0.4 is 10.9 Å². The monoisotopic (exact) mass is 265 g/mol. The van der Waals surface area contributed by atoms with Gasteiger partial charge < -0.3 is 10.3 Å². The first-order valence-corrected chi connectivity index (χ1v) is 7.02. The van der Waals surface area contributed by atoms with Crippen LogP contribution in [-0.2, 0) is 0 Å². The molecule has 0 aliphatic carbocycles. The van der Waals surface area contributed by atoms with E-state index in [9.17, 15) is 4.79 Å². The van der Waals surface area contributed by atoms with Gasteiger partial charge in [0.2, 0.25) is 0 Å². The van der Waals surface area contributed by atoms with E-state index in [2.05, 4.69) is 32.2 Å². The van der Waals surface area contributed by atoms with E-state index >= 15 is 0 Å². The number of rotatable bonds is 5. The normalized spacial score (nSPS) is 10.8. The summed E-state index contributed by atoms with van der Waals surface area (Å²) in [5.74, 6) is 0.562. The molecule has 0 aliphatic rings. The Hall–Kier alpha value is -1.63. The molecule has 0 bridgehead atoms. The largest absolute Gasteiger partial charge is 0.369 e. The predicted octanol–water partition coefficient (Wildman–Crippen LogP) is 1.65. The number of nitrogens with one attached hydrogen (secondary N) is 2. The predicted molar refractivity (Wildman–Crippen MR) is 73.1 cm³/mol. The summed E-state index contributed by atoms with van der Waals surface area (Å²) in [6, 6.07) is 0. The molecule has 0 saturated carbocycles. The molecule has 2 rings (SSSR count). The van der Waals surface area contributed by atoms with E-state index in [1.807, 2.05) is 6.26 Å². The highest BCUT2D eigenvalue weighted by Crippen LogP contribution is 2.18. The number of aromatic amines is 1. The van der Waals surface area contributed by atoms with Crippen molar-refractivity contribution in [3.05, 3.63) is 16.7 Å². The van der Waals surface area contributed by atoms with E-state index in [0.717, 1.165) is 19.4 Å². The van der Waals surface area contributed by atoms with Crippen molar-refractivity contribution in [3.8, 4) is 0 Å². The molecule has 2 aromatic rings. The minimum Gasteiger partial charge on any atom is -0.369 e. The second kappa shape index (κ2) is 5.81. The average molecular weight is 265 g/mol. The van der Waals surface area contributed by atoms with Crippen LogP contribution in [0.3, 0.4) is 0 Å². The molecule has 0 atom stereocenters. The molecule has 0 amide bonds. The molecule has 6 nitrogen and oxygen atoms in total. The molecule has 0 fully saturated rings. The van der Waals surface area contributed by atoms with E-state index in [-0.39, 0.29) is 5.56 Å². The topological polar surface area (TPSA) is 83.6 Å². The van der Waals surface area contributed by atoms with Crippen molar-refractivity contribution in [3.63, 3.8) is 0 Å². The molecule has 0 aliphatic heterocycles. The Balaban J connectivity index is 2.50. The Labute approximate surface area is 109 Å². The molecular formula is C11H15N5OS. The standard InChI is InChI=1S/C11H15N5OS/c1-3-4-5-12-8-7-9(13-6-14-10(7)17)16-11(15-8)18-2/h6H,3-5H2,1-2H3,(H2,12,13,14,15,16,17). The third kappa shape index (κ3) is 2.61. The van der Waals surface area contributed by atoms with Crippen molar-refractivity contribution in [1.29, 1.82) is 0 Å². The molecule has 2 heterocycles. The van der Waals surface area contributed by atoms with Crippen molar-refractivity contribution < 1.29 is 0 Å². The number of H-pyrrole nitrogens is 1. The molecule has 7 heteroatoms. The zero-order valence-corrected chi connectivity index (χ0v) is 11.2. The van der Waals surface area contributed by atoms with Crippen LogP contribution in [0.4, 0.5) is 5.82 Å². The summed E-state index contributed by atoms with van der Waals surface area (Å²) in [7, 11) is 0. The van der Waals surface area contributed by atoms with Crippen LogP contribution in [0.2, 0.25) is 0 Å².